The molecule has 2 aromatic carbocycles. The molecule has 0 radical (unpaired) electrons. The molecule has 0 atom stereocenters. The Morgan fingerprint density at radius 3 is 2.80 bits per heavy atom. The topological polar surface area (TPSA) is 64.6 Å². The molecule has 0 aliphatic heterocycles. The van der Waals surface area contributed by atoms with Gasteiger partial charge in [0.05, 0.1) is 15.6 Å². The van der Waals surface area contributed by atoms with E-state index in [4.69, 9.17) is 4.42 Å². The summed E-state index contributed by atoms with van der Waals surface area (Å²) >= 11 is 1.18. The molecule has 0 aliphatic rings. The molecule has 7 heteroatoms. The van der Waals surface area contributed by atoms with Crippen LogP contribution >= 0.6 is 11.3 Å². The highest BCUT2D eigenvalue weighted by Crippen LogP contribution is 2.19. The van der Waals surface area contributed by atoms with Crippen molar-refractivity contribution >= 4 is 38.4 Å². The number of rotatable bonds is 1. The second kappa shape index (κ2) is 5.78. The second-order valence-electron chi connectivity index (χ2n) is 5.42. The van der Waals surface area contributed by atoms with Gasteiger partial charge in [0.25, 0.3) is 0 Å². The van der Waals surface area contributed by atoms with E-state index in [9.17, 15) is 14.0 Å². The van der Waals surface area contributed by atoms with E-state index in [2.05, 4.69) is 4.99 Å². The van der Waals surface area contributed by atoms with Gasteiger partial charge >= 0.3 is 5.91 Å². The summed E-state index contributed by atoms with van der Waals surface area (Å²) in [5.41, 5.74) is 0.381. The summed E-state index contributed by atoms with van der Waals surface area (Å²) in [5.74, 6) is -1.23. The van der Waals surface area contributed by atoms with Gasteiger partial charge in [-0.05, 0) is 24.3 Å². The highest BCUT2D eigenvalue weighted by atomic mass is 32.1. The van der Waals surface area contributed by atoms with Gasteiger partial charge in [0, 0.05) is 13.1 Å². The Morgan fingerprint density at radius 1 is 1.20 bits per heavy atom. The van der Waals surface area contributed by atoms with Crippen LogP contribution in [0, 0.1) is 5.82 Å². The summed E-state index contributed by atoms with van der Waals surface area (Å²) in [6, 6.07) is 12.5. The van der Waals surface area contributed by atoms with Crippen LogP contribution in [0.2, 0.25) is 0 Å². The number of amides is 1. The fourth-order valence-electron chi connectivity index (χ4n) is 2.61. The Hall–Kier alpha value is -3.06. The van der Waals surface area contributed by atoms with E-state index >= 15 is 0 Å². The first kappa shape index (κ1) is 15.5. The summed E-state index contributed by atoms with van der Waals surface area (Å²) in [6.45, 7) is 0. The minimum Gasteiger partial charge on any atom is -0.451 e. The maximum atomic E-state index is 13.9. The lowest BCUT2D eigenvalue weighted by molar-refractivity contribution is 0.0972. The minimum absolute atomic E-state index is 0.151. The van der Waals surface area contributed by atoms with Crippen LogP contribution in [0.4, 0.5) is 4.39 Å². The number of carbonyl (C=O) groups is 1. The van der Waals surface area contributed by atoms with Gasteiger partial charge in [0.2, 0.25) is 0 Å². The lowest BCUT2D eigenvalue weighted by atomic mass is 10.2. The molecule has 2 heterocycles. The molecular weight excluding hydrogens is 343 g/mol. The molecule has 2 aromatic heterocycles. The van der Waals surface area contributed by atoms with Crippen LogP contribution in [0.25, 0.3) is 21.2 Å². The SMILES string of the molecule is Cn1c(=NC(=O)c2cc(=O)c3ccccc3o2)sc2cccc(F)c21. The molecule has 0 bridgehead atoms. The smallest absolute Gasteiger partial charge is 0.315 e. The molecular formula is C18H11FN2O3S. The Labute approximate surface area is 144 Å². The summed E-state index contributed by atoms with van der Waals surface area (Å²) in [4.78, 5) is 28.8. The number of aryl methyl sites for hydroxylation is 1. The van der Waals surface area contributed by atoms with Crippen molar-refractivity contribution in [1.82, 2.24) is 4.57 Å². The van der Waals surface area contributed by atoms with Crippen LogP contribution in [0.15, 0.2) is 62.7 Å². The maximum absolute atomic E-state index is 13.9. The largest absolute Gasteiger partial charge is 0.451 e. The Balaban J connectivity index is 1.88. The predicted molar refractivity (Wildman–Crippen MR) is 93.1 cm³/mol. The van der Waals surface area contributed by atoms with Gasteiger partial charge in [-0.3, -0.25) is 9.59 Å². The van der Waals surface area contributed by atoms with Crippen molar-refractivity contribution in [2.24, 2.45) is 12.0 Å². The van der Waals surface area contributed by atoms with Crippen molar-refractivity contribution in [3.8, 4) is 0 Å². The van der Waals surface area contributed by atoms with Gasteiger partial charge in [0.15, 0.2) is 16.0 Å². The van der Waals surface area contributed by atoms with Crippen molar-refractivity contribution < 1.29 is 13.6 Å². The molecule has 1 amide bonds. The van der Waals surface area contributed by atoms with Gasteiger partial charge in [0.1, 0.15) is 11.4 Å². The summed E-state index contributed by atoms with van der Waals surface area (Å²) < 4.78 is 21.6. The van der Waals surface area contributed by atoms with E-state index in [-0.39, 0.29) is 17.0 Å². The highest BCUT2D eigenvalue weighted by molar-refractivity contribution is 7.16. The van der Waals surface area contributed by atoms with E-state index in [1.165, 1.54) is 22.0 Å². The summed E-state index contributed by atoms with van der Waals surface area (Å²) in [6.07, 6.45) is 0. The number of fused-ring (bicyclic) bond motifs is 2. The molecule has 0 fully saturated rings. The molecule has 0 saturated carbocycles. The minimum atomic E-state index is -0.689. The van der Waals surface area contributed by atoms with Crippen LogP contribution in [0.5, 0.6) is 0 Å². The average Bonchev–Trinajstić information content (AvgIpc) is 2.92. The van der Waals surface area contributed by atoms with Crippen LogP contribution < -0.4 is 10.2 Å². The molecule has 0 unspecified atom stereocenters. The summed E-state index contributed by atoms with van der Waals surface area (Å²) in [7, 11) is 1.63. The van der Waals surface area contributed by atoms with Crippen LogP contribution in [0.1, 0.15) is 10.6 Å². The number of hydrogen-bond donors (Lipinski definition) is 0. The molecule has 5 nitrogen and oxygen atoms in total. The Morgan fingerprint density at radius 2 is 2.00 bits per heavy atom. The zero-order valence-corrected chi connectivity index (χ0v) is 13.8. The lowest BCUT2D eigenvalue weighted by Gasteiger charge is -1.99. The second-order valence-corrected chi connectivity index (χ2v) is 6.43. The first-order chi connectivity index (χ1) is 12.0. The van der Waals surface area contributed by atoms with Crippen molar-refractivity contribution in [1.29, 1.82) is 0 Å². The van der Waals surface area contributed by atoms with Crippen molar-refractivity contribution in [2.45, 2.75) is 0 Å². The quantitative estimate of drug-likeness (QED) is 0.527. The molecule has 4 rings (SSSR count). The van der Waals surface area contributed by atoms with E-state index in [0.29, 0.717) is 26.0 Å². The monoisotopic (exact) mass is 354 g/mol. The number of carbonyl (C=O) groups excluding carboxylic acids is 1. The van der Waals surface area contributed by atoms with E-state index in [1.807, 2.05) is 0 Å². The van der Waals surface area contributed by atoms with Gasteiger partial charge in [-0.2, -0.15) is 4.99 Å². The maximum Gasteiger partial charge on any atom is 0.315 e. The van der Waals surface area contributed by atoms with Crippen molar-refractivity contribution in [3.63, 3.8) is 0 Å². The predicted octanol–water partition coefficient (Wildman–Crippen LogP) is 3.23. The van der Waals surface area contributed by atoms with E-state index in [1.54, 1.807) is 43.4 Å². The number of aromatic nitrogens is 1. The van der Waals surface area contributed by atoms with E-state index < -0.39 is 5.91 Å². The molecule has 25 heavy (non-hydrogen) atoms. The lowest BCUT2D eigenvalue weighted by Crippen LogP contribution is -2.14. The van der Waals surface area contributed by atoms with Gasteiger partial charge < -0.3 is 8.98 Å². The zero-order valence-electron chi connectivity index (χ0n) is 13.0. The fourth-order valence-corrected chi connectivity index (χ4v) is 3.65. The third kappa shape index (κ3) is 2.58. The first-order valence-electron chi connectivity index (χ1n) is 7.40. The third-order valence-electron chi connectivity index (χ3n) is 3.82. The molecule has 124 valence electrons. The summed E-state index contributed by atoms with van der Waals surface area (Å²) in [5, 5.41) is 0.397. The molecule has 0 spiro atoms. The standard InChI is InChI=1S/C18H11FN2O3S/c1-21-16-11(19)6-4-8-15(16)25-18(21)20-17(23)14-9-12(22)10-5-2-3-7-13(10)24-14/h2-9H,1H3. The highest BCUT2D eigenvalue weighted by Gasteiger charge is 2.13. The molecule has 0 saturated heterocycles. The number of thiazole rings is 1. The van der Waals surface area contributed by atoms with Crippen molar-refractivity contribution in [2.75, 3.05) is 0 Å². The number of halogens is 1. The number of hydrogen-bond acceptors (Lipinski definition) is 4. The number of para-hydroxylation sites is 2. The first-order valence-corrected chi connectivity index (χ1v) is 8.22. The van der Waals surface area contributed by atoms with Crippen LogP contribution in [-0.4, -0.2) is 10.5 Å². The number of benzene rings is 2. The molecule has 4 aromatic rings. The Bertz CT molecular complexity index is 1270. The Kier molecular flexibility index (Phi) is 3.58. The molecule has 0 N–H and O–H groups in total. The van der Waals surface area contributed by atoms with Crippen LogP contribution in [-0.2, 0) is 7.05 Å². The number of nitrogens with zero attached hydrogens (tertiary/aromatic N) is 2. The average molecular weight is 354 g/mol. The fraction of sp³-hybridized carbons (Fsp3) is 0.0556. The van der Waals surface area contributed by atoms with Gasteiger partial charge in [-0.15, -0.1) is 0 Å². The zero-order chi connectivity index (χ0) is 17.6. The normalized spacial score (nSPS) is 12.2. The van der Waals surface area contributed by atoms with Crippen LogP contribution in [0.3, 0.4) is 0 Å². The van der Waals surface area contributed by atoms with Gasteiger partial charge in [-0.1, -0.05) is 29.5 Å². The third-order valence-corrected chi connectivity index (χ3v) is 4.91. The van der Waals surface area contributed by atoms with Crippen molar-refractivity contribution in [3.05, 3.63) is 75.1 Å². The van der Waals surface area contributed by atoms with Gasteiger partial charge in [-0.25, -0.2) is 4.39 Å². The van der Waals surface area contributed by atoms with E-state index in [0.717, 1.165) is 6.07 Å². The molecule has 0 aliphatic carbocycles.